The second-order valence-electron chi connectivity index (χ2n) is 6.41. The molecule has 5 nitrogen and oxygen atoms in total. The summed E-state index contributed by atoms with van der Waals surface area (Å²) < 4.78 is 5.20. The Balaban J connectivity index is 1.79. The molecule has 5 heteroatoms. The number of hydrogen-bond donors (Lipinski definition) is 0. The number of piperazine rings is 1. The van der Waals surface area contributed by atoms with Crippen LogP contribution in [-0.4, -0.2) is 48.4 Å². The van der Waals surface area contributed by atoms with Gasteiger partial charge in [0.2, 0.25) is 11.8 Å². The third-order valence-corrected chi connectivity index (χ3v) is 5.05. The Labute approximate surface area is 137 Å². The number of carbonyl (C=O) groups excluding carboxylic acids is 2. The van der Waals surface area contributed by atoms with Crippen molar-refractivity contribution in [3.63, 3.8) is 0 Å². The number of amides is 2. The van der Waals surface area contributed by atoms with Gasteiger partial charge in [0, 0.05) is 32.5 Å². The normalized spacial score (nSPS) is 21.7. The van der Waals surface area contributed by atoms with Crippen molar-refractivity contribution in [1.29, 1.82) is 0 Å². The summed E-state index contributed by atoms with van der Waals surface area (Å²) in [5.41, 5.74) is 1.05. The van der Waals surface area contributed by atoms with Crippen molar-refractivity contribution in [2.45, 2.75) is 32.2 Å². The lowest BCUT2D eigenvalue weighted by molar-refractivity contribution is -0.146. The SMILES string of the molecule is COc1ccc([C@@H]2CN(C(=O)C3CCC3)CCN2C(C)=O)cc1. The van der Waals surface area contributed by atoms with Gasteiger partial charge in [-0.25, -0.2) is 0 Å². The van der Waals surface area contributed by atoms with Gasteiger partial charge in [0.1, 0.15) is 5.75 Å². The molecule has 23 heavy (non-hydrogen) atoms. The van der Waals surface area contributed by atoms with Crippen molar-refractivity contribution in [2.24, 2.45) is 5.92 Å². The van der Waals surface area contributed by atoms with Crippen LogP contribution in [0.25, 0.3) is 0 Å². The Morgan fingerprint density at radius 1 is 1.13 bits per heavy atom. The van der Waals surface area contributed by atoms with Crippen molar-refractivity contribution >= 4 is 11.8 Å². The third kappa shape index (κ3) is 3.19. The van der Waals surface area contributed by atoms with Crippen LogP contribution in [0.15, 0.2) is 24.3 Å². The fourth-order valence-corrected chi connectivity index (χ4v) is 3.38. The number of rotatable bonds is 3. The van der Waals surface area contributed by atoms with Crippen molar-refractivity contribution in [3.05, 3.63) is 29.8 Å². The zero-order chi connectivity index (χ0) is 16.4. The van der Waals surface area contributed by atoms with E-state index >= 15 is 0 Å². The van der Waals surface area contributed by atoms with E-state index in [1.165, 1.54) is 0 Å². The van der Waals surface area contributed by atoms with Gasteiger partial charge < -0.3 is 14.5 Å². The molecule has 3 rings (SSSR count). The highest BCUT2D eigenvalue weighted by atomic mass is 16.5. The van der Waals surface area contributed by atoms with Gasteiger partial charge in [-0.15, -0.1) is 0 Å². The van der Waals surface area contributed by atoms with Crippen LogP contribution >= 0.6 is 0 Å². The van der Waals surface area contributed by atoms with Crippen LogP contribution in [0, 0.1) is 5.92 Å². The molecule has 1 heterocycles. The zero-order valence-corrected chi connectivity index (χ0v) is 13.8. The van der Waals surface area contributed by atoms with Gasteiger partial charge in [-0.2, -0.15) is 0 Å². The first-order valence-corrected chi connectivity index (χ1v) is 8.30. The summed E-state index contributed by atoms with van der Waals surface area (Å²) in [4.78, 5) is 28.3. The van der Waals surface area contributed by atoms with Gasteiger partial charge in [0.25, 0.3) is 0 Å². The predicted molar refractivity (Wildman–Crippen MR) is 87.0 cm³/mol. The Hall–Kier alpha value is -2.04. The Kier molecular flexibility index (Phi) is 4.55. The van der Waals surface area contributed by atoms with Gasteiger partial charge in [0.15, 0.2) is 0 Å². The van der Waals surface area contributed by atoms with Gasteiger partial charge in [0.05, 0.1) is 13.2 Å². The Bertz CT molecular complexity index is 580. The molecule has 0 spiro atoms. The number of benzene rings is 1. The van der Waals surface area contributed by atoms with Gasteiger partial charge in [-0.3, -0.25) is 9.59 Å². The number of methoxy groups -OCH3 is 1. The third-order valence-electron chi connectivity index (χ3n) is 5.05. The molecule has 1 atom stereocenters. The maximum atomic E-state index is 12.5. The lowest BCUT2D eigenvalue weighted by atomic mass is 9.84. The monoisotopic (exact) mass is 316 g/mol. The zero-order valence-electron chi connectivity index (χ0n) is 13.8. The van der Waals surface area contributed by atoms with Crippen LogP contribution in [0.3, 0.4) is 0 Å². The highest BCUT2D eigenvalue weighted by Gasteiger charge is 2.36. The first-order valence-electron chi connectivity index (χ1n) is 8.30. The molecule has 2 aliphatic rings. The molecule has 1 aromatic carbocycles. The number of hydrogen-bond acceptors (Lipinski definition) is 3. The lowest BCUT2D eigenvalue weighted by Gasteiger charge is -2.43. The maximum Gasteiger partial charge on any atom is 0.225 e. The van der Waals surface area contributed by atoms with Crippen LogP contribution in [0.5, 0.6) is 5.75 Å². The summed E-state index contributed by atoms with van der Waals surface area (Å²) in [5.74, 6) is 1.32. The van der Waals surface area contributed by atoms with Gasteiger partial charge in [-0.05, 0) is 30.5 Å². The summed E-state index contributed by atoms with van der Waals surface area (Å²) in [6.07, 6.45) is 3.18. The van der Waals surface area contributed by atoms with Crippen molar-refractivity contribution < 1.29 is 14.3 Å². The minimum absolute atomic E-state index is 0.0570. The number of ether oxygens (including phenoxy) is 1. The predicted octanol–water partition coefficient (Wildman–Crippen LogP) is 2.23. The minimum atomic E-state index is -0.0730. The quantitative estimate of drug-likeness (QED) is 0.859. The lowest BCUT2D eigenvalue weighted by Crippen LogP contribution is -2.53. The van der Waals surface area contributed by atoms with Gasteiger partial charge >= 0.3 is 0 Å². The van der Waals surface area contributed by atoms with Crippen LogP contribution in [0.4, 0.5) is 0 Å². The van der Waals surface area contributed by atoms with Crippen molar-refractivity contribution in [2.75, 3.05) is 26.7 Å². The molecule has 1 aliphatic heterocycles. The molecule has 2 fully saturated rings. The smallest absolute Gasteiger partial charge is 0.225 e. The standard InChI is InChI=1S/C18H24N2O3/c1-13(21)20-11-10-19(18(22)15-4-3-5-15)12-17(20)14-6-8-16(23-2)9-7-14/h6-9,15,17H,3-5,10-12H2,1-2H3/t17-/m0/s1. The topological polar surface area (TPSA) is 49.9 Å². The molecule has 0 radical (unpaired) electrons. The molecule has 0 aromatic heterocycles. The Morgan fingerprint density at radius 2 is 1.83 bits per heavy atom. The molecular weight excluding hydrogens is 292 g/mol. The fourth-order valence-electron chi connectivity index (χ4n) is 3.38. The van der Waals surface area contributed by atoms with E-state index in [4.69, 9.17) is 4.74 Å². The fraction of sp³-hybridized carbons (Fsp3) is 0.556. The molecule has 1 saturated carbocycles. The average Bonchev–Trinajstić information content (AvgIpc) is 2.52. The van der Waals surface area contributed by atoms with E-state index < -0.39 is 0 Å². The molecule has 0 N–H and O–H groups in total. The molecular formula is C18H24N2O3. The second kappa shape index (κ2) is 6.60. The van der Waals surface area contributed by atoms with E-state index in [2.05, 4.69) is 0 Å². The summed E-state index contributed by atoms with van der Waals surface area (Å²) >= 11 is 0. The Morgan fingerprint density at radius 3 is 2.35 bits per heavy atom. The van der Waals surface area contributed by atoms with E-state index in [1.807, 2.05) is 34.1 Å². The molecule has 0 bridgehead atoms. The first kappa shape index (κ1) is 15.8. The second-order valence-corrected chi connectivity index (χ2v) is 6.41. The van der Waals surface area contributed by atoms with E-state index in [-0.39, 0.29) is 23.8 Å². The summed E-state index contributed by atoms with van der Waals surface area (Å²) in [6, 6.07) is 7.70. The van der Waals surface area contributed by atoms with Crippen LogP contribution in [0.1, 0.15) is 37.8 Å². The average molecular weight is 316 g/mol. The van der Waals surface area contributed by atoms with E-state index in [0.717, 1.165) is 30.6 Å². The largest absolute Gasteiger partial charge is 0.497 e. The first-order chi connectivity index (χ1) is 11.1. The molecule has 1 aliphatic carbocycles. The molecule has 1 saturated heterocycles. The highest BCUT2D eigenvalue weighted by molar-refractivity contribution is 5.80. The minimum Gasteiger partial charge on any atom is -0.497 e. The van der Waals surface area contributed by atoms with E-state index in [1.54, 1.807) is 14.0 Å². The molecule has 2 amide bonds. The van der Waals surface area contributed by atoms with Crippen LogP contribution in [0.2, 0.25) is 0 Å². The van der Waals surface area contributed by atoms with Crippen LogP contribution < -0.4 is 4.74 Å². The summed E-state index contributed by atoms with van der Waals surface area (Å²) in [5, 5.41) is 0. The molecule has 1 aromatic rings. The van der Waals surface area contributed by atoms with Gasteiger partial charge in [-0.1, -0.05) is 18.6 Å². The number of nitrogens with zero attached hydrogens (tertiary/aromatic N) is 2. The summed E-state index contributed by atoms with van der Waals surface area (Å²) in [6.45, 7) is 3.42. The molecule has 0 unspecified atom stereocenters. The maximum absolute atomic E-state index is 12.5. The molecule has 124 valence electrons. The van der Waals surface area contributed by atoms with E-state index in [0.29, 0.717) is 19.6 Å². The van der Waals surface area contributed by atoms with E-state index in [9.17, 15) is 9.59 Å². The summed E-state index contributed by atoms with van der Waals surface area (Å²) in [7, 11) is 1.64. The van der Waals surface area contributed by atoms with Crippen molar-refractivity contribution in [1.82, 2.24) is 9.80 Å². The van der Waals surface area contributed by atoms with Crippen molar-refractivity contribution in [3.8, 4) is 5.75 Å². The number of carbonyl (C=O) groups is 2. The van der Waals surface area contributed by atoms with Crippen LogP contribution in [-0.2, 0) is 9.59 Å². The highest BCUT2D eigenvalue weighted by Crippen LogP contribution is 2.32.